The molecule has 0 aliphatic carbocycles. The van der Waals surface area contributed by atoms with E-state index < -0.39 is 38.2 Å². The van der Waals surface area contributed by atoms with E-state index in [1.807, 2.05) is 6.07 Å². The highest BCUT2D eigenvalue weighted by Gasteiger charge is 2.27. The van der Waals surface area contributed by atoms with Crippen molar-refractivity contribution in [1.29, 1.82) is 0 Å². The highest BCUT2D eigenvalue weighted by atomic mass is 35.5. The molecule has 5 rings (SSSR count). The number of rotatable bonds is 8. The summed E-state index contributed by atoms with van der Waals surface area (Å²) in [6.07, 6.45) is 1.67. The van der Waals surface area contributed by atoms with Crippen LogP contribution in [0.25, 0.3) is 11.1 Å². The van der Waals surface area contributed by atoms with Gasteiger partial charge in [0.25, 0.3) is 10.0 Å². The van der Waals surface area contributed by atoms with Gasteiger partial charge in [0.15, 0.2) is 0 Å². The number of halogens is 1. The first-order valence-electron chi connectivity index (χ1n) is 11.3. The van der Waals surface area contributed by atoms with E-state index in [4.69, 9.17) is 16.3 Å². The maximum absolute atomic E-state index is 13.4. The van der Waals surface area contributed by atoms with Crippen molar-refractivity contribution in [1.82, 2.24) is 9.55 Å². The maximum Gasteiger partial charge on any atom is 0.434 e. The molecule has 0 atom stereocenters. The fourth-order valence-corrected chi connectivity index (χ4v) is 7.12. The van der Waals surface area contributed by atoms with Gasteiger partial charge in [0.2, 0.25) is 0 Å². The van der Waals surface area contributed by atoms with Crippen LogP contribution in [0.15, 0.2) is 46.8 Å². The van der Waals surface area contributed by atoms with Gasteiger partial charge in [-0.15, -0.1) is 11.3 Å². The number of aromatic carboxylic acids is 1. The number of nitrogens with zero attached hydrogens (tertiary/aromatic N) is 3. The number of ether oxygens (including phenoxy) is 1. The number of phenols is 1. The molecule has 1 aliphatic rings. The Labute approximate surface area is 230 Å². The smallest absolute Gasteiger partial charge is 0.434 e. The number of benzene rings is 2. The van der Waals surface area contributed by atoms with Crippen LogP contribution in [-0.2, 0) is 29.9 Å². The van der Waals surface area contributed by atoms with Gasteiger partial charge in [0, 0.05) is 24.0 Å². The van der Waals surface area contributed by atoms with Gasteiger partial charge >= 0.3 is 11.9 Å². The van der Waals surface area contributed by atoms with Crippen LogP contribution in [0.1, 0.15) is 27.2 Å². The van der Waals surface area contributed by atoms with Crippen LogP contribution in [0.4, 0.5) is 11.6 Å². The first-order valence-corrected chi connectivity index (χ1v) is 14.0. The Bertz CT molecular complexity index is 1760. The van der Waals surface area contributed by atoms with Crippen LogP contribution >= 0.6 is 22.9 Å². The van der Waals surface area contributed by atoms with Crippen molar-refractivity contribution in [3.8, 4) is 22.6 Å². The zero-order valence-corrected chi connectivity index (χ0v) is 22.4. The zero-order valence-electron chi connectivity index (χ0n) is 20.0. The van der Waals surface area contributed by atoms with Crippen LogP contribution in [0, 0.1) is 10.1 Å². The molecule has 12 nitrogen and oxygen atoms in total. The highest BCUT2D eigenvalue weighted by molar-refractivity contribution is 7.94. The lowest BCUT2D eigenvalue weighted by Crippen LogP contribution is -2.14. The fraction of sp³-hybridized carbons (Fsp3) is 0.167. The number of fused-ring (bicyclic) bond motifs is 1. The third-order valence-electron chi connectivity index (χ3n) is 6.27. The lowest BCUT2D eigenvalue weighted by atomic mass is 10.0. The summed E-state index contributed by atoms with van der Waals surface area (Å²) in [4.78, 5) is 25.8. The largest absolute Gasteiger partial charge is 0.507 e. The second kappa shape index (κ2) is 9.87. The molecule has 39 heavy (non-hydrogen) atoms. The summed E-state index contributed by atoms with van der Waals surface area (Å²) < 4.78 is 36.0. The van der Waals surface area contributed by atoms with Gasteiger partial charge in [-0.05, 0) is 46.4 Å². The molecule has 202 valence electrons. The van der Waals surface area contributed by atoms with Gasteiger partial charge in [0.05, 0.1) is 19.3 Å². The van der Waals surface area contributed by atoms with Crippen LogP contribution in [0.5, 0.6) is 11.5 Å². The lowest BCUT2D eigenvalue weighted by molar-refractivity contribution is -0.396. The molecule has 2 aromatic heterocycles. The topological polar surface area (TPSA) is 174 Å². The van der Waals surface area contributed by atoms with Crippen LogP contribution < -0.4 is 9.46 Å². The van der Waals surface area contributed by atoms with E-state index in [1.54, 1.807) is 12.1 Å². The quantitative estimate of drug-likeness (QED) is 0.198. The van der Waals surface area contributed by atoms with E-state index >= 15 is 0 Å². The molecule has 0 amide bonds. The van der Waals surface area contributed by atoms with E-state index in [0.29, 0.717) is 12.2 Å². The highest BCUT2D eigenvalue weighted by Crippen LogP contribution is 2.41. The van der Waals surface area contributed by atoms with Crippen molar-refractivity contribution in [3.63, 3.8) is 0 Å². The second-order valence-corrected chi connectivity index (χ2v) is 12.2. The number of hydrogen-bond donors (Lipinski definition) is 3. The van der Waals surface area contributed by atoms with Gasteiger partial charge in [0.1, 0.15) is 37.5 Å². The number of nitro groups is 1. The average molecular weight is 591 g/mol. The summed E-state index contributed by atoms with van der Waals surface area (Å²) in [5.74, 6) is -1.82. The van der Waals surface area contributed by atoms with E-state index in [-0.39, 0.29) is 31.9 Å². The lowest BCUT2D eigenvalue weighted by Gasteiger charge is -2.14. The van der Waals surface area contributed by atoms with Crippen molar-refractivity contribution in [2.45, 2.75) is 17.1 Å². The van der Waals surface area contributed by atoms with Gasteiger partial charge < -0.3 is 25.1 Å². The number of hydrogen-bond acceptors (Lipinski definition) is 9. The predicted molar refractivity (Wildman–Crippen MR) is 143 cm³/mol. The second-order valence-electron chi connectivity index (χ2n) is 8.61. The summed E-state index contributed by atoms with van der Waals surface area (Å²) in [7, 11) is -2.87. The molecule has 0 saturated heterocycles. The molecular weight excluding hydrogens is 572 g/mol. The number of carboxylic acid groups (broad SMARTS) is 1. The number of carbonyl (C=O) groups is 1. The Morgan fingerprint density at radius 2 is 2.08 bits per heavy atom. The molecule has 0 fully saturated rings. The van der Waals surface area contributed by atoms with Gasteiger partial charge in [-0.1, -0.05) is 22.7 Å². The number of sulfonamides is 1. The van der Waals surface area contributed by atoms with Crippen LogP contribution in [0.3, 0.4) is 0 Å². The van der Waals surface area contributed by atoms with E-state index in [0.717, 1.165) is 45.3 Å². The number of thiophene rings is 1. The molecule has 3 N–H and O–H groups in total. The first kappa shape index (κ1) is 26.5. The molecule has 1 aliphatic heterocycles. The van der Waals surface area contributed by atoms with Gasteiger partial charge in [-0.25, -0.2) is 17.8 Å². The van der Waals surface area contributed by atoms with E-state index in [1.165, 1.54) is 25.4 Å². The molecule has 3 heterocycles. The van der Waals surface area contributed by atoms with Crippen molar-refractivity contribution in [2.24, 2.45) is 7.05 Å². The van der Waals surface area contributed by atoms with E-state index in [2.05, 4.69) is 9.71 Å². The summed E-state index contributed by atoms with van der Waals surface area (Å²) in [5, 5.41) is 31.4. The normalized spacial score (nSPS) is 12.7. The van der Waals surface area contributed by atoms with Crippen molar-refractivity contribution in [2.75, 3.05) is 11.3 Å². The Hall–Kier alpha value is -4.14. The van der Waals surface area contributed by atoms with Crippen molar-refractivity contribution in [3.05, 3.63) is 79.4 Å². The number of carboxylic acids is 1. The number of imidazole rings is 1. The Morgan fingerprint density at radius 1 is 1.31 bits per heavy atom. The standard InChI is InChI=1S/C24H19ClN4O8S2/c1-28-14(11-26-24(28)29(33)34)9-17-18(4-3-15(21(17)30)23(31)32)27-39(35,36)20-10-16(22(25)38-20)12-2-5-19-13(8-12)6-7-37-19/h2-5,8,10-11,27,30H,6-7,9H2,1H3,(H,31,32). The van der Waals surface area contributed by atoms with E-state index in [9.17, 15) is 33.5 Å². The first-order chi connectivity index (χ1) is 18.5. The van der Waals surface area contributed by atoms with Crippen LogP contribution in [0.2, 0.25) is 4.34 Å². The minimum atomic E-state index is -4.25. The minimum absolute atomic E-state index is 0.0992. The number of anilines is 1. The average Bonchev–Trinajstić information content (AvgIpc) is 3.59. The predicted octanol–water partition coefficient (Wildman–Crippen LogP) is 4.44. The van der Waals surface area contributed by atoms with Gasteiger partial charge in [-0.2, -0.15) is 0 Å². The molecule has 15 heteroatoms. The third kappa shape index (κ3) is 4.89. The molecule has 4 aromatic rings. The SMILES string of the molecule is Cn1c(Cc2c(NS(=O)(=O)c3cc(-c4ccc5c(c4)CCO5)c(Cl)s3)ccc(C(=O)O)c2O)cnc1[N+](=O)[O-]. The van der Waals surface area contributed by atoms with Crippen LogP contribution in [-0.4, -0.2) is 45.7 Å². The summed E-state index contributed by atoms with van der Waals surface area (Å²) in [5.41, 5.74) is 1.80. The monoisotopic (exact) mass is 590 g/mol. The molecule has 0 unspecified atom stereocenters. The minimum Gasteiger partial charge on any atom is -0.507 e. The molecule has 0 saturated carbocycles. The number of aromatic nitrogens is 2. The zero-order chi connectivity index (χ0) is 28.1. The number of nitrogens with one attached hydrogen (secondary N) is 1. The van der Waals surface area contributed by atoms with Crippen molar-refractivity contribution < 1.29 is 33.1 Å². The third-order valence-corrected chi connectivity index (χ3v) is 9.47. The maximum atomic E-state index is 13.4. The Balaban J connectivity index is 1.52. The van der Waals surface area contributed by atoms with Gasteiger partial charge in [-0.3, -0.25) is 4.72 Å². The molecule has 2 aromatic carbocycles. The summed E-state index contributed by atoms with van der Waals surface area (Å²) in [6.45, 7) is 0.571. The fourth-order valence-electron chi connectivity index (χ4n) is 4.26. The molecule has 0 bridgehead atoms. The summed E-state index contributed by atoms with van der Waals surface area (Å²) in [6, 6.07) is 9.19. The Kier molecular flexibility index (Phi) is 6.70. The Morgan fingerprint density at radius 3 is 2.77 bits per heavy atom. The molecular formula is C24H19ClN4O8S2. The molecule has 0 spiro atoms. The van der Waals surface area contributed by atoms with Crippen molar-refractivity contribution >= 4 is 50.6 Å². The number of aromatic hydroxyl groups is 1. The molecule has 0 radical (unpaired) electrons. The summed E-state index contributed by atoms with van der Waals surface area (Å²) >= 11 is 7.27.